The number of hydrogen-bond donors (Lipinski definition) is 1. The molecule has 0 bridgehead atoms. The minimum absolute atomic E-state index is 0.0763. The Labute approximate surface area is 175 Å². The molecule has 0 spiro atoms. The average molecular weight is 398 g/mol. The predicted molar refractivity (Wildman–Crippen MR) is 116 cm³/mol. The van der Waals surface area contributed by atoms with E-state index in [-0.39, 0.29) is 11.3 Å². The molecular weight excluding hydrogens is 376 g/mol. The van der Waals surface area contributed by atoms with Crippen molar-refractivity contribution in [3.63, 3.8) is 0 Å². The molecule has 1 fully saturated rings. The van der Waals surface area contributed by atoms with Crippen molar-refractivity contribution < 1.29 is 14.7 Å². The van der Waals surface area contributed by atoms with Crippen LogP contribution in [0.2, 0.25) is 0 Å². The van der Waals surface area contributed by atoms with Gasteiger partial charge in [-0.15, -0.1) is 0 Å². The van der Waals surface area contributed by atoms with Crippen LogP contribution in [0.1, 0.15) is 42.5 Å². The summed E-state index contributed by atoms with van der Waals surface area (Å²) in [7, 11) is 0. The zero-order valence-corrected chi connectivity index (χ0v) is 16.8. The lowest BCUT2D eigenvalue weighted by molar-refractivity contribution is -0.132. The molecule has 1 amide bonds. The number of benzene rings is 2. The highest BCUT2D eigenvalue weighted by molar-refractivity contribution is 6.51. The number of ketones is 1. The third-order valence-corrected chi connectivity index (χ3v) is 5.33. The van der Waals surface area contributed by atoms with E-state index in [0.717, 1.165) is 11.1 Å². The Kier molecular flexibility index (Phi) is 5.19. The van der Waals surface area contributed by atoms with Gasteiger partial charge >= 0.3 is 0 Å². The highest BCUT2D eigenvalue weighted by atomic mass is 16.3. The van der Waals surface area contributed by atoms with Crippen LogP contribution in [0.15, 0.2) is 84.7 Å². The van der Waals surface area contributed by atoms with E-state index in [9.17, 15) is 14.7 Å². The van der Waals surface area contributed by atoms with Gasteiger partial charge in [-0.05, 0) is 29.2 Å². The van der Waals surface area contributed by atoms with Gasteiger partial charge in [0.1, 0.15) is 5.76 Å². The lowest BCUT2D eigenvalue weighted by atomic mass is 9.93. The molecule has 150 valence electrons. The summed E-state index contributed by atoms with van der Waals surface area (Å²) in [5, 5.41) is 11.0. The fourth-order valence-electron chi connectivity index (χ4n) is 3.73. The van der Waals surface area contributed by atoms with Crippen LogP contribution in [0.25, 0.3) is 5.76 Å². The third-order valence-electron chi connectivity index (χ3n) is 5.33. The first kappa shape index (κ1) is 19.6. The van der Waals surface area contributed by atoms with Gasteiger partial charge in [-0.2, -0.15) is 0 Å². The first-order chi connectivity index (χ1) is 14.5. The maximum Gasteiger partial charge on any atom is 0.300 e. The number of aliphatic hydroxyl groups is 1. The molecule has 1 unspecified atom stereocenters. The number of anilines is 1. The van der Waals surface area contributed by atoms with Crippen molar-refractivity contribution in [1.29, 1.82) is 0 Å². The summed E-state index contributed by atoms with van der Waals surface area (Å²) in [6, 6.07) is 19.3. The van der Waals surface area contributed by atoms with E-state index >= 15 is 0 Å². The van der Waals surface area contributed by atoms with Crippen molar-refractivity contribution in [2.24, 2.45) is 0 Å². The third kappa shape index (κ3) is 3.39. The molecule has 1 N–H and O–H groups in total. The van der Waals surface area contributed by atoms with Gasteiger partial charge in [-0.25, -0.2) is 0 Å². The van der Waals surface area contributed by atoms with E-state index in [4.69, 9.17) is 0 Å². The van der Waals surface area contributed by atoms with Crippen LogP contribution in [0.4, 0.5) is 5.69 Å². The predicted octanol–water partition coefficient (Wildman–Crippen LogP) is 4.83. The van der Waals surface area contributed by atoms with Crippen molar-refractivity contribution in [2.75, 3.05) is 4.90 Å². The van der Waals surface area contributed by atoms with Crippen LogP contribution in [-0.4, -0.2) is 21.8 Å². The van der Waals surface area contributed by atoms with Crippen LogP contribution in [0.3, 0.4) is 0 Å². The number of carbonyl (C=O) groups excluding carboxylic acids is 2. The molecule has 1 aliphatic heterocycles. The molecule has 5 heteroatoms. The van der Waals surface area contributed by atoms with Crippen molar-refractivity contribution in [3.05, 3.63) is 101 Å². The highest BCUT2D eigenvalue weighted by Crippen LogP contribution is 2.42. The zero-order valence-electron chi connectivity index (χ0n) is 16.8. The summed E-state index contributed by atoms with van der Waals surface area (Å²) in [4.78, 5) is 31.6. The first-order valence-electron chi connectivity index (χ1n) is 9.85. The molecule has 4 rings (SSSR count). The van der Waals surface area contributed by atoms with Crippen LogP contribution in [-0.2, 0) is 9.59 Å². The van der Waals surface area contributed by atoms with Crippen molar-refractivity contribution in [1.82, 2.24) is 4.98 Å². The topological polar surface area (TPSA) is 70.5 Å². The van der Waals surface area contributed by atoms with E-state index in [0.29, 0.717) is 17.2 Å². The minimum Gasteiger partial charge on any atom is -0.507 e. The fourth-order valence-corrected chi connectivity index (χ4v) is 3.73. The number of pyridine rings is 1. The second-order valence-corrected chi connectivity index (χ2v) is 7.57. The first-order valence-corrected chi connectivity index (χ1v) is 9.85. The molecule has 1 atom stereocenters. The fraction of sp³-hybridized carbons (Fsp3) is 0.160. The minimum atomic E-state index is -0.740. The Hall–Kier alpha value is -3.73. The molecule has 2 aromatic carbocycles. The van der Waals surface area contributed by atoms with Crippen molar-refractivity contribution >= 4 is 23.1 Å². The maximum atomic E-state index is 13.0. The van der Waals surface area contributed by atoms with Gasteiger partial charge in [-0.1, -0.05) is 68.4 Å². The molecule has 2 heterocycles. The monoisotopic (exact) mass is 398 g/mol. The average Bonchev–Trinajstić information content (AvgIpc) is 3.05. The highest BCUT2D eigenvalue weighted by Gasteiger charge is 2.47. The lowest BCUT2D eigenvalue weighted by Gasteiger charge is -2.25. The Morgan fingerprint density at radius 1 is 0.967 bits per heavy atom. The van der Waals surface area contributed by atoms with E-state index < -0.39 is 17.7 Å². The van der Waals surface area contributed by atoms with Gasteiger partial charge in [0.2, 0.25) is 0 Å². The number of amides is 1. The molecule has 1 saturated heterocycles. The maximum absolute atomic E-state index is 13.0. The number of carbonyl (C=O) groups is 2. The summed E-state index contributed by atoms with van der Waals surface area (Å²) >= 11 is 0. The van der Waals surface area contributed by atoms with Gasteiger partial charge in [0, 0.05) is 11.8 Å². The molecule has 0 radical (unpaired) electrons. The number of aliphatic hydroxyl groups excluding tert-OH is 1. The van der Waals surface area contributed by atoms with E-state index in [1.54, 1.807) is 48.8 Å². The van der Waals surface area contributed by atoms with Crippen LogP contribution in [0.5, 0.6) is 0 Å². The Morgan fingerprint density at radius 3 is 2.27 bits per heavy atom. The standard InChI is InChI=1S/C25H22N2O3/c1-16(2)17-10-12-18(13-11-17)22-21(23(28)19-7-4-3-5-8-19)24(29)25(30)27(22)20-9-6-14-26-15-20/h3-16,22,28H,1-2H3/b23-21-. The molecule has 1 aromatic heterocycles. The molecule has 5 nitrogen and oxygen atoms in total. The number of nitrogens with zero attached hydrogens (tertiary/aromatic N) is 2. The molecule has 1 aliphatic rings. The SMILES string of the molecule is CC(C)c1ccc(C2/C(=C(/O)c3ccccc3)C(=O)C(=O)N2c2cccnc2)cc1. The van der Waals surface area contributed by atoms with E-state index in [1.165, 1.54) is 4.90 Å². The second kappa shape index (κ2) is 7.95. The summed E-state index contributed by atoms with van der Waals surface area (Å²) in [5.41, 5.74) is 2.97. The van der Waals surface area contributed by atoms with Crippen LogP contribution in [0, 0.1) is 0 Å². The van der Waals surface area contributed by atoms with Gasteiger partial charge in [0.25, 0.3) is 11.7 Å². The van der Waals surface area contributed by atoms with Crippen molar-refractivity contribution in [2.45, 2.75) is 25.8 Å². The van der Waals surface area contributed by atoms with Gasteiger partial charge < -0.3 is 5.11 Å². The largest absolute Gasteiger partial charge is 0.507 e. The Balaban J connectivity index is 1.92. The van der Waals surface area contributed by atoms with E-state index in [1.807, 2.05) is 30.3 Å². The van der Waals surface area contributed by atoms with Crippen LogP contribution >= 0.6 is 0 Å². The zero-order chi connectivity index (χ0) is 21.3. The molecule has 0 saturated carbocycles. The lowest BCUT2D eigenvalue weighted by Crippen LogP contribution is -2.29. The molecule has 30 heavy (non-hydrogen) atoms. The molecule has 0 aliphatic carbocycles. The number of Topliss-reactive ketones (excluding diaryl/α,β-unsaturated/α-hetero) is 1. The molecule has 3 aromatic rings. The summed E-state index contributed by atoms with van der Waals surface area (Å²) < 4.78 is 0. The normalized spacial score (nSPS) is 18.2. The Bertz CT molecular complexity index is 1100. The van der Waals surface area contributed by atoms with Gasteiger partial charge in [-0.3, -0.25) is 19.5 Å². The summed E-state index contributed by atoms with van der Waals surface area (Å²) in [6.07, 6.45) is 3.15. The van der Waals surface area contributed by atoms with Gasteiger partial charge in [0.15, 0.2) is 0 Å². The number of rotatable bonds is 4. The van der Waals surface area contributed by atoms with Crippen LogP contribution < -0.4 is 4.90 Å². The molecular formula is C25H22N2O3. The second-order valence-electron chi connectivity index (χ2n) is 7.57. The summed E-state index contributed by atoms with van der Waals surface area (Å²) in [5.74, 6) is -1.22. The van der Waals surface area contributed by atoms with E-state index in [2.05, 4.69) is 18.8 Å². The van der Waals surface area contributed by atoms with Gasteiger partial charge in [0.05, 0.1) is 23.5 Å². The summed E-state index contributed by atoms with van der Waals surface area (Å²) in [6.45, 7) is 4.21. The Morgan fingerprint density at radius 2 is 1.67 bits per heavy atom. The number of hydrogen-bond acceptors (Lipinski definition) is 4. The smallest absolute Gasteiger partial charge is 0.300 e. The number of aromatic nitrogens is 1. The quantitative estimate of drug-likeness (QED) is 0.388. The van der Waals surface area contributed by atoms with Crippen molar-refractivity contribution in [3.8, 4) is 0 Å².